The van der Waals surface area contributed by atoms with E-state index in [-0.39, 0.29) is 11.7 Å². The molecular formula is C15H18N2O3. The maximum absolute atomic E-state index is 11.7. The van der Waals surface area contributed by atoms with Gasteiger partial charge in [-0.3, -0.25) is 9.59 Å². The van der Waals surface area contributed by atoms with Crippen LogP contribution in [0.15, 0.2) is 18.2 Å². The summed E-state index contributed by atoms with van der Waals surface area (Å²) in [4.78, 5) is 25.8. The molecule has 2 aromatic rings. The van der Waals surface area contributed by atoms with Crippen LogP contribution in [0.4, 0.5) is 0 Å². The van der Waals surface area contributed by atoms with E-state index in [9.17, 15) is 9.59 Å². The van der Waals surface area contributed by atoms with Gasteiger partial charge < -0.3 is 15.0 Å². The number of rotatable bonds is 5. The van der Waals surface area contributed by atoms with E-state index in [0.29, 0.717) is 18.7 Å². The number of fused-ring (bicyclic) bond motifs is 1. The number of H-pyrrole nitrogens is 1. The van der Waals surface area contributed by atoms with Crippen molar-refractivity contribution in [2.24, 2.45) is 0 Å². The van der Waals surface area contributed by atoms with E-state index in [1.54, 1.807) is 7.11 Å². The van der Waals surface area contributed by atoms with Crippen LogP contribution in [0.1, 0.15) is 29.9 Å². The summed E-state index contributed by atoms with van der Waals surface area (Å²) in [5.41, 5.74) is 2.40. The molecular weight excluding hydrogens is 256 g/mol. The zero-order valence-electron chi connectivity index (χ0n) is 11.9. The van der Waals surface area contributed by atoms with Gasteiger partial charge in [0, 0.05) is 37.4 Å². The van der Waals surface area contributed by atoms with Crippen molar-refractivity contribution in [3.63, 3.8) is 0 Å². The molecule has 1 amide bonds. The average Bonchev–Trinajstić information content (AvgIpc) is 2.76. The van der Waals surface area contributed by atoms with Crippen LogP contribution in [0.3, 0.4) is 0 Å². The predicted molar refractivity (Wildman–Crippen MR) is 77.2 cm³/mol. The van der Waals surface area contributed by atoms with Crippen LogP contribution in [0, 0.1) is 0 Å². The molecule has 1 aromatic carbocycles. The van der Waals surface area contributed by atoms with Gasteiger partial charge in [0.1, 0.15) is 5.75 Å². The van der Waals surface area contributed by atoms with Gasteiger partial charge in [0.15, 0.2) is 5.78 Å². The second-order valence-electron chi connectivity index (χ2n) is 4.68. The van der Waals surface area contributed by atoms with Crippen molar-refractivity contribution in [3.8, 4) is 5.75 Å². The number of aromatic nitrogens is 1. The molecule has 0 radical (unpaired) electrons. The third kappa shape index (κ3) is 2.82. The molecule has 2 N–H and O–H groups in total. The van der Waals surface area contributed by atoms with Gasteiger partial charge in [0.2, 0.25) is 5.91 Å². The maximum Gasteiger partial charge on any atom is 0.216 e. The highest BCUT2D eigenvalue weighted by Crippen LogP contribution is 2.26. The van der Waals surface area contributed by atoms with Crippen molar-refractivity contribution in [1.82, 2.24) is 10.3 Å². The normalized spacial score (nSPS) is 10.6. The molecule has 1 heterocycles. The Kier molecular flexibility index (Phi) is 4.08. The van der Waals surface area contributed by atoms with Crippen LogP contribution in [0.25, 0.3) is 10.9 Å². The Morgan fingerprint density at radius 2 is 2.05 bits per heavy atom. The SMILES string of the molecule is COc1ccc2c(CCNC(C)=O)c(C(C)=O)[nH]c2c1. The monoisotopic (exact) mass is 274 g/mol. The van der Waals surface area contributed by atoms with Crippen LogP contribution in [0.5, 0.6) is 5.75 Å². The lowest BCUT2D eigenvalue weighted by Gasteiger charge is -2.04. The first-order valence-electron chi connectivity index (χ1n) is 6.47. The fraction of sp³-hybridized carbons (Fsp3) is 0.333. The summed E-state index contributed by atoms with van der Waals surface area (Å²) in [6.45, 7) is 3.52. The number of carbonyl (C=O) groups excluding carboxylic acids is 2. The van der Waals surface area contributed by atoms with E-state index in [1.807, 2.05) is 18.2 Å². The molecule has 0 unspecified atom stereocenters. The van der Waals surface area contributed by atoms with Crippen LogP contribution in [-0.2, 0) is 11.2 Å². The Hall–Kier alpha value is -2.30. The minimum absolute atomic E-state index is 0.0157. The highest BCUT2D eigenvalue weighted by atomic mass is 16.5. The Bertz CT molecular complexity index is 658. The first-order chi connectivity index (χ1) is 9.52. The number of benzene rings is 1. The number of Topliss-reactive ketones (excluding diaryl/α,β-unsaturated/α-hetero) is 1. The number of ether oxygens (including phenoxy) is 1. The van der Waals surface area contributed by atoms with Crippen molar-refractivity contribution in [2.45, 2.75) is 20.3 Å². The first-order valence-corrected chi connectivity index (χ1v) is 6.47. The molecule has 5 heteroatoms. The van der Waals surface area contributed by atoms with E-state index in [0.717, 1.165) is 22.2 Å². The van der Waals surface area contributed by atoms with Crippen LogP contribution < -0.4 is 10.1 Å². The Morgan fingerprint density at radius 3 is 2.65 bits per heavy atom. The van der Waals surface area contributed by atoms with E-state index < -0.39 is 0 Å². The lowest BCUT2D eigenvalue weighted by molar-refractivity contribution is -0.118. The number of hydrogen-bond donors (Lipinski definition) is 2. The molecule has 0 bridgehead atoms. The molecule has 0 aliphatic rings. The van der Waals surface area contributed by atoms with Crippen molar-refractivity contribution in [3.05, 3.63) is 29.5 Å². The predicted octanol–water partition coefficient (Wildman–Crippen LogP) is 2.06. The van der Waals surface area contributed by atoms with Gasteiger partial charge in [-0.2, -0.15) is 0 Å². The standard InChI is InChI=1S/C15H18N2O3/c1-9(18)15-13(6-7-16-10(2)19)12-5-4-11(20-3)8-14(12)17-15/h4-5,8,17H,6-7H2,1-3H3,(H,16,19). The zero-order valence-corrected chi connectivity index (χ0v) is 11.9. The van der Waals surface area contributed by atoms with Gasteiger partial charge in [0.05, 0.1) is 12.8 Å². The molecule has 20 heavy (non-hydrogen) atoms. The minimum Gasteiger partial charge on any atom is -0.497 e. The van der Waals surface area contributed by atoms with E-state index >= 15 is 0 Å². The van der Waals surface area contributed by atoms with Crippen LogP contribution >= 0.6 is 0 Å². The van der Waals surface area contributed by atoms with Gasteiger partial charge in [0.25, 0.3) is 0 Å². The number of hydrogen-bond acceptors (Lipinski definition) is 3. The number of methoxy groups -OCH3 is 1. The van der Waals surface area contributed by atoms with Gasteiger partial charge in [-0.1, -0.05) is 0 Å². The number of nitrogens with one attached hydrogen (secondary N) is 2. The largest absolute Gasteiger partial charge is 0.497 e. The smallest absolute Gasteiger partial charge is 0.216 e. The molecule has 0 aliphatic heterocycles. The Labute approximate surface area is 117 Å². The summed E-state index contributed by atoms with van der Waals surface area (Å²) < 4.78 is 5.18. The van der Waals surface area contributed by atoms with Crippen LogP contribution in [0.2, 0.25) is 0 Å². The van der Waals surface area contributed by atoms with Crippen molar-refractivity contribution >= 4 is 22.6 Å². The molecule has 0 spiro atoms. The maximum atomic E-state index is 11.7. The van der Waals surface area contributed by atoms with E-state index in [4.69, 9.17) is 4.74 Å². The number of aromatic amines is 1. The number of amides is 1. The molecule has 106 valence electrons. The molecule has 2 rings (SSSR count). The quantitative estimate of drug-likeness (QED) is 0.820. The molecule has 0 aliphatic carbocycles. The molecule has 0 saturated carbocycles. The van der Waals surface area contributed by atoms with E-state index in [2.05, 4.69) is 10.3 Å². The van der Waals surface area contributed by atoms with E-state index in [1.165, 1.54) is 13.8 Å². The summed E-state index contributed by atoms with van der Waals surface area (Å²) >= 11 is 0. The zero-order chi connectivity index (χ0) is 14.7. The lowest BCUT2D eigenvalue weighted by Crippen LogP contribution is -2.22. The number of carbonyl (C=O) groups is 2. The highest BCUT2D eigenvalue weighted by Gasteiger charge is 2.15. The van der Waals surface area contributed by atoms with Gasteiger partial charge in [-0.25, -0.2) is 0 Å². The average molecular weight is 274 g/mol. The summed E-state index contributed by atoms with van der Waals surface area (Å²) in [5, 5.41) is 3.74. The Morgan fingerprint density at radius 1 is 1.30 bits per heavy atom. The van der Waals surface area contributed by atoms with Crippen molar-refractivity contribution in [1.29, 1.82) is 0 Å². The third-order valence-electron chi connectivity index (χ3n) is 3.21. The summed E-state index contributed by atoms with van der Waals surface area (Å²) in [6, 6.07) is 5.66. The molecule has 0 saturated heterocycles. The Balaban J connectivity index is 2.40. The molecule has 0 atom stereocenters. The van der Waals surface area contributed by atoms with Gasteiger partial charge in [-0.05, 0) is 24.1 Å². The van der Waals surface area contributed by atoms with Crippen molar-refractivity contribution in [2.75, 3.05) is 13.7 Å². The van der Waals surface area contributed by atoms with Gasteiger partial charge >= 0.3 is 0 Å². The summed E-state index contributed by atoms with van der Waals surface area (Å²) in [6.07, 6.45) is 0.612. The topological polar surface area (TPSA) is 71.2 Å². The van der Waals surface area contributed by atoms with Crippen molar-refractivity contribution < 1.29 is 14.3 Å². The summed E-state index contributed by atoms with van der Waals surface area (Å²) in [7, 11) is 1.60. The number of ketones is 1. The third-order valence-corrected chi connectivity index (χ3v) is 3.21. The fourth-order valence-electron chi connectivity index (χ4n) is 2.29. The molecule has 1 aromatic heterocycles. The highest BCUT2D eigenvalue weighted by molar-refractivity contribution is 6.01. The minimum atomic E-state index is -0.0733. The first kappa shape index (κ1) is 14.1. The van der Waals surface area contributed by atoms with Crippen LogP contribution in [-0.4, -0.2) is 30.3 Å². The second-order valence-corrected chi connectivity index (χ2v) is 4.68. The second kappa shape index (κ2) is 5.77. The molecule has 0 fully saturated rings. The summed E-state index contributed by atoms with van der Waals surface area (Å²) in [5.74, 6) is 0.649. The lowest BCUT2D eigenvalue weighted by atomic mass is 10.1. The fourth-order valence-corrected chi connectivity index (χ4v) is 2.29. The van der Waals surface area contributed by atoms with Gasteiger partial charge in [-0.15, -0.1) is 0 Å². The molecule has 5 nitrogen and oxygen atoms in total.